The van der Waals surface area contributed by atoms with Crippen LogP contribution in [-0.2, 0) is 0 Å². The molecule has 0 saturated carbocycles. The minimum absolute atomic E-state index is 0.560. The molecule has 1 aromatic carbocycles. The van der Waals surface area contributed by atoms with Gasteiger partial charge in [0.05, 0.1) is 11.2 Å². The van der Waals surface area contributed by atoms with Crippen molar-refractivity contribution in [3.8, 4) is 0 Å². The lowest BCUT2D eigenvalue weighted by atomic mass is 10.0. The van der Waals surface area contributed by atoms with Crippen LogP contribution in [0.2, 0.25) is 0 Å². The van der Waals surface area contributed by atoms with E-state index < -0.39 is 0 Å². The summed E-state index contributed by atoms with van der Waals surface area (Å²) < 4.78 is 0. The molecular weight excluding hydrogens is 194 g/mol. The molecule has 2 aromatic rings. The number of rotatable bonds is 2. The van der Waals surface area contributed by atoms with Gasteiger partial charge >= 0.3 is 0 Å². The molecule has 0 spiro atoms. The van der Waals surface area contributed by atoms with E-state index >= 15 is 0 Å². The fourth-order valence-electron chi connectivity index (χ4n) is 1.74. The molecule has 0 unspecified atom stereocenters. The maximum Gasteiger partial charge on any atom is 0.0709 e. The number of aromatic nitrogens is 1. The molecule has 2 rings (SSSR count). The van der Waals surface area contributed by atoms with Crippen molar-refractivity contribution >= 4 is 16.5 Å². The minimum atomic E-state index is 0.560. The van der Waals surface area contributed by atoms with E-state index in [1.807, 2.05) is 13.0 Å². The van der Waals surface area contributed by atoms with Crippen LogP contribution in [0.15, 0.2) is 36.9 Å². The molecule has 1 aromatic heterocycles. The SMILES string of the molecule is C=C(C)c1ccc2cc(C(C)C)ccc2n1. The summed E-state index contributed by atoms with van der Waals surface area (Å²) in [6.07, 6.45) is 0. The van der Waals surface area contributed by atoms with E-state index in [1.165, 1.54) is 10.9 Å². The summed E-state index contributed by atoms with van der Waals surface area (Å²) in [7, 11) is 0. The van der Waals surface area contributed by atoms with Crippen molar-refractivity contribution in [3.05, 3.63) is 48.2 Å². The molecule has 0 atom stereocenters. The maximum atomic E-state index is 4.58. The van der Waals surface area contributed by atoms with E-state index in [0.717, 1.165) is 16.8 Å². The van der Waals surface area contributed by atoms with Crippen molar-refractivity contribution in [2.24, 2.45) is 0 Å². The number of pyridine rings is 1. The highest BCUT2D eigenvalue weighted by molar-refractivity contribution is 5.81. The second kappa shape index (κ2) is 4.09. The lowest BCUT2D eigenvalue weighted by Crippen LogP contribution is -1.90. The van der Waals surface area contributed by atoms with Crippen molar-refractivity contribution in [3.63, 3.8) is 0 Å². The molecule has 0 amide bonds. The first-order valence-electron chi connectivity index (χ1n) is 5.64. The van der Waals surface area contributed by atoms with Gasteiger partial charge in [0.2, 0.25) is 0 Å². The number of hydrogen-bond donors (Lipinski definition) is 0. The third kappa shape index (κ3) is 1.99. The van der Waals surface area contributed by atoms with Crippen LogP contribution in [0.5, 0.6) is 0 Å². The number of fused-ring (bicyclic) bond motifs is 1. The molecule has 0 aliphatic rings. The highest BCUT2D eigenvalue weighted by Crippen LogP contribution is 2.21. The Morgan fingerprint density at radius 3 is 2.56 bits per heavy atom. The fourth-order valence-corrected chi connectivity index (χ4v) is 1.74. The second-order valence-electron chi connectivity index (χ2n) is 4.58. The Morgan fingerprint density at radius 1 is 1.19 bits per heavy atom. The van der Waals surface area contributed by atoms with E-state index in [4.69, 9.17) is 0 Å². The normalized spacial score (nSPS) is 11.0. The average molecular weight is 211 g/mol. The number of nitrogens with zero attached hydrogens (tertiary/aromatic N) is 1. The lowest BCUT2D eigenvalue weighted by molar-refractivity contribution is 0.868. The number of allylic oxidation sites excluding steroid dienone is 1. The monoisotopic (exact) mass is 211 g/mol. The van der Waals surface area contributed by atoms with Gasteiger partial charge in [-0.15, -0.1) is 0 Å². The van der Waals surface area contributed by atoms with Crippen LogP contribution in [0.3, 0.4) is 0 Å². The zero-order chi connectivity index (χ0) is 11.7. The largest absolute Gasteiger partial charge is 0.248 e. The predicted molar refractivity (Wildman–Crippen MR) is 70.5 cm³/mol. The molecule has 1 nitrogen and oxygen atoms in total. The molecule has 0 N–H and O–H groups in total. The van der Waals surface area contributed by atoms with Gasteiger partial charge in [0.1, 0.15) is 0 Å². The van der Waals surface area contributed by atoms with Crippen molar-refractivity contribution in [1.82, 2.24) is 4.98 Å². The molecule has 1 heterocycles. The number of benzene rings is 1. The van der Waals surface area contributed by atoms with Crippen LogP contribution in [-0.4, -0.2) is 4.98 Å². The first kappa shape index (κ1) is 10.9. The van der Waals surface area contributed by atoms with Gasteiger partial charge in [0.15, 0.2) is 0 Å². The number of hydrogen-bond acceptors (Lipinski definition) is 1. The third-order valence-corrected chi connectivity index (χ3v) is 2.82. The Morgan fingerprint density at radius 2 is 1.94 bits per heavy atom. The van der Waals surface area contributed by atoms with E-state index in [-0.39, 0.29) is 0 Å². The topological polar surface area (TPSA) is 12.9 Å². The summed E-state index contributed by atoms with van der Waals surface area (Å²) in [6, 6.07) is 10.6. The summed E-state index contributed by atoms with van der Waals surface area (Å²) in [5.41, 5.74) is 4.39. The van der Waals surface area contributed by atoms with Crippen molar-refractivity contribution in [2.45, 2.75) is 26.7 Å². The Labute approximate surface area is 96.8 Å². The predicted octanol–water partition coefficient (Wildman–Crippen LogP) is 4.39. The summed E-state index contributed by atoms with van der Waals surface area (Å²) in [5.74, 6) is 0.560. The molecule has 0 bridgehead atoms. The van der Waals surface area contributed by atoms with E-state index in [1.54, 1.807) is 0 Å². The van der Waals surface area contributed by atoms with Crippen LogP contribution in [0.4, 0.5) is 0 Å². The summed E-state index contributed by atoms with van der Waals surface area (Å²) in [4.78, 5) is 4.58. The summed E-state index contributed by atoms with van der Waals surface area (Å²) >= 11 is 0. The first-order valence-corrected chi connectivity index (χ1v) is 5.64. The van der Waals surface area contributed by atoms with E-state index in [0.29, 0.717) is 5.92 Å². The van der Waals surface area contributed by atoms with Gasteiger partial charge in [0.25, 0.3) is 0 Å². The van der Waals surface area contributed by atoms with Gasteiger partial charge < -0.3 is 0 Å². The van der Waals surface area contributed by atoms with Gasteiger partial charge in [-0.2, -0.15) is 0 Å². The smallest absolute Gasteiger partial charge is 0.0709 e. The molecule has 0 aliphatic carbocycles. The average Bonchev–Trinajstić information content (AvgIpc) is 2.27. The second-order valence-corrected chi connectivity index (χ2v) is 4.58. The van der Waals surface area contributed by atoms with Crippen LogP contribution >= 0.6 is 0 Å². The van der Waals surface area contributed by atoms with Crippen LogP contribution < -0.4 is 0 Å². The van der Waals surface area contributed by atoms with Crippen molar-refractivity contribution in [2.75, 3.05) is 0 Å². The maximum absolute atomic E-state index is 4.58. The summed E-state index contributed by atoms with van der Waals surface area (Å²) in [5, 5.41) is 1.20. The molecule has 0 aliphatic heterocycles. The molecule has 0 fully saturated rings. The lowest BCUT2D eigenvalue weighted by Gasteiger charge is -2.07. The van der Waals surface area contributed by atoms with Crippen molar-refractivity contribution < 1.29 is 0 Å². The van der Waals surface area contributed by atoms with Gasteiger partial charge in [-0.25, -0.2) is 4.98 Å². The van der Waals surface area contributed by atoms with Gasteiger partial charge in [-0.3, -0.25) is 0 Å². The van der Waals surface area contributed by atoms with Crippen LogP contribution in [0.25, 0.3) is 16.5 Å². The Kier molecular flexibility index (Phi) is 2.78. The van der Waals surface area contributed by atoms with Crippen LogP contribution in [0, 0.1) is 0 Å². The van der Waals surface area contributed by atoms with Gasteiger partial charge in [0, 0.05) is 5.39 Å². The molecule has 16 heavy (non-hydrogen) atoms. The molecular formula is C15H17N. The highest BCUT2D eigenvalue weighted by Gasteiger charge is 2.02. The molecule has 82 valence electrons. The zero-order valence-electron chi connectivity index (χ0n) is 10.1. The van der Waals surface area contributed by atoms with Gasteiger partial charge in [-0.1, -0.05) is 32.6 Å². The third-order valence-electron chi connectivity index (χ3n) is 2.82. The highest BCUT2D eigenvalue weighted by atomic mass is 14.7. The quantitative estimate of drug-likeness (QED) is 0.717. The summed E-state index contributed by atoms with van der Waals surface area (Å²) in [6.45, 7) is 10.3. The van der Waals surface area contributed by atoms with E-state index in [2.05, 4.69) is 49.7 Å². The minimum Gasteiger partial charge on any atom is -0.248 e. The van der Waals surface area contributed by atoms with E-state index in [9.17, 15) is 0 Å². The zero-order valence-corrected chi connectivity index (χ0v) is 10.1. The Balaban J connectivity index is 2.57. The van der Waals surface area contributed by atoms with Crippen LogP contribution in [0.1, 0.15) is 37.9 Å². The fraction of sp³-hybridized carbons (Fsp3) is 0.267. The standard InChI is InChI=1S/C15H17N/c1-10(2)12-5-8-15-13(9-12)6-7-14(16-15)11(3)4/h5-10H,3H2,1-2,4H3. The molecule has 1 heteroatoms. The van der Waals surface area contributed by atoms with Gasteiger partial charge in [-0.05, 0) is 42.2 Å². The Bertz CT molecular complexity index is 538. The Hall–Kier alpha value is -1.63. The molecule has 0 saturated heterocycles. The first-order chi connectivity index (χ1) is 7.58. The molecule has 0 radical (unpaired) electrons. The van der Waals surface area contributed by atoms with Crippen molar-refractivity contribution in [1.29, 1.82) is 0 Å².